The van der Waals surface area contributed by atoms with Crippen molar-refractivity contribution in [2.24, 2.45) is 7.05 Å². The van der Waals surface area contributed by atoms with Crippen LogP contribution in [0.2, 0.25) is 0 Å². The molecule has 5 nitrogen and oxygen atoms in total. The maximum Gasteiger partial charge on any atom is 0.573 e. The average molecular weight is 495 g/mol. The molecule has 3 aromatic carbocycles. The van der Waals surface area contributed by atoms with Crippen LogP contribution in [0.1, 0.15) is 11.1 Å². The summed E-state index contributed by atoms with van der Waals surface area (Å²) in [5.41, 5.74) is 3.14. The number of hydrogen-bond donors (Lipinski definition) is 0. The van der Waals surface area contributed by atoms with Crippen molar-refractivity contribution < 1.29 is 35.8 Å². The Morgan fingerprint density at radius 1 is 0.743 bits per heavy atom. The molecule has 0 N–H and O–H groups in total. The van der Waals surface area contributed by atoms with Gasteiger partial charge in [0.25, 0.3) is 0 Å². The molecule has 4 aromatic rings. The van der Waals surface area contributed by atoms with Crippen LogP contribution in [0.4, 0.5) is 32.0 Å². The number of fused-ring (bicyclic) bond motifs is 1. The van der Waals surface area contributed by atoms with Gasteiger partial charge < -0.3 is 14.4 Å². The predicted molar refractivity (Wildman–Crippen MR) is 117 cm³/mol. The summed E-state index contributed by atoms with van der Waals surface area (Å²) in [6.45, 7) is 0.637. The van der Waals surface area contributed by atoms with Gasteiger partial charge >= 0.3 is 12.7 Å². The summed E-state index contributed by atoms with van der Waals surface area (Å²) in [5, 5.41) is 5.12. The zero-order valence-electron chi connectivity index (χ0n) is 18.3. The fourth-order valence-electron chi connectivity index (χ4n) is 3.62. The fraction of sp³-hybridized carbons (Fsp3) is 0.208. The number of ether oxygens (including phenoxy) is 2. The van der Waals surface area contributed by atoms with Crippen LogP contribution in [-0.2, 0) is 20.1 Å². The van der Waals surface area contributed by atoms with Crippen molar-refractivity contribution in [2.45, 2.75) is 25.8 Å². The lowest BCUT2D eigenvalue weighted by atomic mass is 10.1. The zero-order valence-corrected chi connectivity index (χ0v) is 18.3. The smallest absolute Gasteiger partial charge is 0.406 e. The van der Waals surface area contributed by atoms with Gasteiger partial charge in [0.15, 0.2) is 0 Å². The highest BCUT2D eigenvalue weighted by Crippen LogP contribution is 2.28. The van der Waals surface area contributed by atoms with Crippen LogP contribution >= 0.6 is 0 Å². The Morgan fingerprint density at radius 3 is 1.69 bits per heavy atom. The van der Waals surface area contributed by atoms with Crippen molar-refractivity contribution in [1.82, 2.24) is 9.78 Å². The van der Waals surface area contributed by atoms with E-state index < -0.39 is 12.7 Å². The van der Waals surface area contributed by atoms with Crippen LogP contribution in [0.5, 0.6) is 11.5 Å². The lowest BCUT2D eigenvalue weighted by Crippen LogP contribution is -2.22. The zero-order chi connectivity index (χ0) is 25.2. The Morgan fingerprint density at radius 2 is 1.23 bits per heavy atom. The molecule has 0 saturated heterocycles. The first kappa shape index (κ1) is 24.2. The highest BCUT2D eigenvalue weighted by Gasteiger charge is 2.31. The van der Waals surface area contributed by atoms with E-state index in [0.717, 1.165) is 16.6 Å². The van der Waals surface area contributed by atoms with Crippen LogP contribution in [0.3, 0.4) is 0 Å². The maximum atomic E-state index is 12.5. The first-order valence-corrected chi connectivity index (χ1v) is 10.3. The van der Waals surface area contributed by atoms with Gasteiger partial charge in [0.2, 0.25) is 0 Å². The molecule has 0 fully saturated rings. The minimum Gasteiger partial charge on any atom is -0.406 e. The number of halogens is 6. The third-order valence-corrected chi connectivity index (χ3v) is 5.16. The van der Waals surface area contributed by atoms with Crippen molar-refractivity contribution in [3.63, 3.8) is 0 Å². The lowest BCUT2D eigenvalue weighted by Gasteiger charge is -2.26. The van der Waals surface area contributed by atoms with Crippen LogP contribution in [-0.4, -0.2) is 22.5 Å². The molecule has 0 amide bonds. The van der Waals surface area contributed by atoms with Crippen molar-refractivity contribution in [3.05, 3.63) is 84.1 Å². The molecule has 0 bridgehead atoms. The summed E-state index contributed by atoms with van der Waals surface area (Å²) in [6, 6.07) is 16.7. The fourth-order valence-corrected chi connectivity index (χ4v) is 3.62. The van der Waals surface area contributed by atoms with Gasteiger partial charge in [-0.1, -0.05) is 24.3 Å². The molecule has 35 heavy (non-hydrogen) atoms. The van der Waals surface area contributed by atoms with Crippen LogP contribution < -0.4 is 14.4 Å². The molecule has 184 valence electrons. The van der Waals surface area contributed by atoms with Gasteiger partial charge in [0.1, 0.15) is 11.5 Å². The van der Waals surface area contributed by atoms with Crippen LogP contribution in [0.25, 0.3) is 10.9 Å². The first-order chi connectivity index (χ1) is 16.4. The summed E-state index contributed by atoms with van der Waals surface area (Å²) in [7, 11) is 1.81. The second-order valence-electron chi connectivity index (χ2n) is 7.75. The van der Waals surface area contributed by atoms with Crippen molar-refractivity contribution >= 4 is 16.6 Å². The van der Waals surface area contributed by atoms with Gasteiger partial charge in [-0.2, -0.15) is 5.10 Å². The predicted octanol–water partition coefficient (Wildman–Crippen LogP) is 6.58. The number of aryl methyl sites for hydroxylation is 1. The van der Waals surface area contributed by atoms with E-state index in [9.17, 15) is 26.3 Å². The number of rotatable bonds is 7. The first-order valence-electron chi connectivity index (χ1n) is 10.3. The normalized spacial score (nSPS) is 12.1. The van der Waals surface area contributed by atoms with Gasteiger partial charge in [0.05, 0.1) is 11.7 Å². The van der Waals surface area contributed by atoms with E-state index in [1.807, 2.05) is 30.1 Å². The standard InChI is InChI=1S/C24H19F6N3O2/c1-32-22-11-6-19(12-18(22)13-31-32)33(14-16-2-7-20(8-3-16)34-23(25,26)27)15-17-4-9-21(10-5-17)35-24(28,29)30/h2-13H,14-15H2,1H3. The monoisotopic (exact) mass is 495 g/mol. The van der Waals surface area contributed by atoms with E-state index in [-0.39, 0.29) is 11.5 Å². The number of anilines is 1. The average Bonchev–Trinajstić information content (AvgIpc) is 3.14. The minimum absolute atomic E-state index is 0.318. The van der Waals surface area contributed by atoms with Gasteiger partial charge in [-0.3, -0.25) is 4.68 Å². The number of benzene rings is 3. The van der Waals surface area contributed by atoms with E-state index in [1.165, 1.54) is 48.5 Å². The number of alkyl halides is 6. The number of aromatic nitrogens is 2. The maximum absolute atomic E-state index is 12.5. The second-order valence-corrected chi connectivity index (χ2v) is 7.75. The highest BCUT2D eigenvalue weighted by molar-refractivity contribution is 5.82. The summed E-state index contributed by atoms with van der Waals surface area (Å²) in [5.74, 6) is -0.658. The Bertz CT molecular complexity index is 1220. The molecule has 0 unspecified atom stereocenters. The van der Waals surface area contributed by atoms with E-state index in [4.69, 9.17) is 0 Å². The minimum atomic E-state index is -4.78. The van der Waals surface area contributed by atoms with E-state index in [0.29, 0.717) is 24.2 Å². The molecule has 0 aliphatic rings. The summed E-state index contributed by atoms with van der Waals surface area (Å²) in [6.07, 6.45) is -7.85. The summed E-state index contributed by atoms with van der Waals surface area (Å²) in [4.78, 5) is 1.95. The largest absolute Gasteiger partial charge is 0.573 e. The molecule has 1 aromatic heterocycles. The van der Waals surface area contributed by atoms with Crippen LogP contribution in [0.15, 0.2) is 72.9 Å². The molecule has 0 aliphatic heterocycles. The molecule has 0 spiro atoms. The van der Waals surface area contributed by atoms with Crippen molar-refractivity contribution in [2.75, 3.05) is 4.90 Å². The topological polar surface area (TPSA) is 39.5 Å². The third-order valence-electron chi connectivity index (χ3n) is 5.16. The second kappa shape index (κ2) is 9.40. The molecular formula is C24H19F6N3O2. The summed E-state index contributed by atoms with van der Waals surface area (Å²) < 4.78 is 84.3. The molecule has 0 aliphatic carbocycles. The van der Waals surface area contributed by atoms with E-state index in [2.05, 4.69) is 14.6 Å². The van der Waals surface area contributed by atoms with Gasteiger partial charge in [0, 0.05) is 31.2 Å². The van der Waals surface area contributed by atoms with Gasteiger partial charge in [-0.05, 0) is 53.6 Å². The Hall–Kier alpha value is -3.89. The molecule has 0 atom stereocenters. The highest BCUT2D eigenvalue weighted by atomic mass is 19.4. The molecule has 4 rings (SSSR count). The quantitative estimate of drug-likeness (QED) is 0.272. The number of nitrogens with zero attached hydrogens (tertiary/aromatic N) is 3. The van der Waals surface area contributed by atoms with Gasteiger partial charge in [-0.15, -0.1) is 26.3 Å². The van der Waals surface area contributed by atoms with E-state index in [1.54, 1.807) is 10.9 Å². The SMILES string of the molecule is Cn1ncc2cc(N(Cc3ccc(OC(F)(F)F)cc3)Cc3ccc(OC(F)(F)F)cc3)ccc21. The Balaban J connectivity index is 1.59. The molecule has 0 saturated carbocycles. The van der Waals surface area contributed by atoms with Crippen LogP contribution in [0, 0.1) is 0 Å². The number of hydrogen-bond acceptors (Lipinski definition) is 4. The van der Waals surface area contributed by atoms with E-state index >= 15 is 0 Å². The molecular weight excluding hydrogens is 476 g/mol. The lowest BCUT2D eigenvalue weighted by molar-refractivity contribution is -0.275. The Labute approximate surface area is 196 Å². The summed E-state index contributed by atoms with van der Waals surface area (Å²) >= 11 is 0. The molecule has 11 heteroatoms. The molecule has 0 radical (unpaired) electrons. The Kier molecular flexibility index (Phi) is 6.51. The molecule has 1 heterocycles. The third kappa shape index (κ3) is 6.58. The van der Waals surface area contributed by atoms with Gasteiger partial charge in [-0.25, -0.2) is 0 Å². The van der Waals surface area contributed by atoms with Crippen molar-refractivity contribution in [1.29, 1.82) is 0 Å². The van der Waals surface area contributed by atoms with Crippen molar-refractivity contribution in [3.8, 4) is 11.5 Å².